The SMILES string of the molecule is CCC(C)(C)C(=O)OCC(=O)OC1C2CC3CC(C2)CC1C3. The summed E-state index contributed by atoms with van der Waals surface area (Å²) >= 11 is 0. The van der Waals surface area contributed by atoms with Crippen LogP contribution in [0.25, 0.3) is 0 Å². The Labute approximate surface area is 132 Å². The van der Waals surface area contributed by atoms with E-state index >= 15 is 0 Å². The van der Waals surface area contributed by atoms with Crippen LogP contribution in [0.1, 0.15) is 59.3 Å². The highest BCUT2D eigenvalue weighted by Gasteiger charge is 2.49. The van der Waals surface area contributed by atoms with Gasteiger partial charge in [-0.05, 0) is 76.0 Å². The van der Waals surface area contributed by atoms with Crippen molar-refractivity contribution in [3.05, 3.63) is 0 Å². The van der Waals surface area contributed by atoms with E-state index in [9.17, 15) is 9.59 Å². The third kappa shape index (κ3) is 3.02. The summed E-state index contributed by atoms with van der Waals surface area (Å²) in [5.74, 6) is 2.11. The van der Waals surface area contributed by atoms with Gasteiger partial charge in [0.2, 0.25) is 0 Å². The van der Waals surface area contributed by atoms with Crippen LogP contribution >= 0.6 is 0 Å². The summed E-state index contributed by atoms with van der Waals surface area (Å²) in [6, 6.07) is 0. The average molecular weight is 308 g/mol. The van der Waals surface area contributed by atoms with E-state index in [-0.39, 0.29) is 24.6 Å². The van der Waals surface area contributed by atoms with Crippen molar-refractivity contribution >= 4 is 11.9 Å². The molecule has 0 N–H and O–H groups in total. The molecule has 0 aliphatic heterocycles. The van der Waals surface area contributed by atoms with Crippen molar-refractivity contribution in [1.29, 1.82) is 0 Å². The predicted molar refractivity (Wildman–Crippen MR) is 82.0 cm³/mol. The molecule has 4 nitrogen and oxygen atoms in total. The van der Waals surface area contributed by atoms with Crippen LogP contribution in [0, 0.1) is 29.1 Å². The quantitative estimate of drug-likeness (QED) is 0.731. The van der Waals surface area contributed by atoms with Crippen molar-refractivity contribution in [2.45, 2.75) is 65.4 Å². The van der Waals surface area contributed by atoms with Crippen LogP contribution in [0.2, 0.25) is 0 Å². The van der Waals surface area contributed by atoms with E-state index < -0.39 is 5.41 Å². The van der Waals surface area contributed by atoms with Gasteiger partial charge in [0.1, 0.15) is 6.10 Å². The van der Waals surface area contributed by atoms with Crippen molar-refractivity contribution in [3.63, 3.8) is 0 Å². The number of esters is 2. The second-order valence-corrected chi connectivity index (χ2v) is 8.20. The third-order valence-corrected chi connectivity index (χ3v) is 6.17. The lowest BCUT2D eigenvalue weighted by Crippen LogP contribution is -2.50. The lowest BCUT2D eigenvalue weighted by molar-refractivity contribution is -0.180. The van der Waals surface area contributed by atoms with Gasteiger partial charge >= 0.3 is 11.9 Å². The summed E-state index contributed by atoms with van der Waals surface area (Å²) < 4.78 is 10.8. The van der Waals surface area contributed by atoms with Crippen molar-refractivity contribution in [3.8, 4) is 0 Å². The second kappa shape index (κ2) is 5.86. The van der Waals surface area contributed by atoms with Gasteiger partial charge in [0.15, 0.2) is 6.61 Å². The minimum atomic E-state index is -0.539. The number of ether oxygens (including phenoxy) is 2. The molecule has 4 fully saturated rings. The number of rotatable bonds is 5. The van der Waals surface area contributed by atoms with Crippen LogP contribution in [-0.2, 0) is 19.1 Å². The van der Waals surface area contributed by atoms with Gasteiger partial charge in [-0.15, -0.1) is 0 Å². The first-order valence-electron chi connectivity index (χ1n) is 8.75. The Balaban J connectivity index is 1.49. The third-order valence-electron chi connectivity index (χ3n) is 6.17. The average Bonchev–Trinajstić information content (AvgIpc) is 2.47. The molecule has 22 heavy (non-hydrogen) atoms. The van der Waals surface area contributed by atoms with E-state index in [0.717, 1.165) is 11.8 Å². The predicted octanol–water partition coefficient (Wildman–Crippen LogP) is 3.33. The first kappa shape index (κ1) is 15.8. The molecule has 4 saturated carbocycles. The topological polar surface area (TPSA) is 52.6 Å². The molecule has 4 rings (SSSR count). The molecule has 0 heterocycles. The molecule has 0 aromatic heterocycles. The Bertz CT molecular complexity index is 426. The van der Waals surface area contributed by atoms with Crippen molar-refractivity contribution < 1.29 is 19.1 Å². The molecule has 4 bridgehead atoms. The summed E-state index contributed by atoms with van der Waals surface area (Å²) in [4.78, 5) is 24.0. The van der Waals surface area contributed by atoms with Gasteiger partial charge in [-0.3, -0.25) is 4.79 Å². The molecule has 0 atom stereocenters. The molecule has 0 amide bonds. The van der Waals surface area contributed by atoms with Crippen molar-refractivity contribution in [1.82, 2.24) is 0 Å². The van der Waals surface area contributed by atoms with Crippen molar-refractivity contribution in [2.75, 3.05) is 6.61 Å². The maximum Gasteiger partial charge on any atom is 0.344 e. The van der Waals surface area contributed by atoms with Crippen LogP contribution in [-0.4, -0.2) is 24.6 Å². The Morgan fingerprint density at radius 2 is 1.55 bits per heavy atom. The molecular formula is C18H28O4. The number of carbonyl (C=O) groups excluding carboxylic acids is 2. The van der Waals surface area contributed by atoms with E-state index in [1.54, 1.807) is 0 Å². The Morgan fingerprint density at radius 1 is 1.00 bits per heavy atom. The lowest BCUT2D eigenvalue weighted by atomic mass is 9.55. The Morgan fingerprint density at radius 3 is 2.05 bits per heavy atom. The lowest BCUT2D eigenvalue weighted by Gasteiger charge is -2.53. The summed E-state index contributed by atoms with van der Waals surface area (Å²) in [6.07, 6.45) is 7.01. The zero-order chi connectivity index (χ0) is 15.9. The smallest absolute Gasteiger partial charge is 0.344 e. The molecular weight excluding hydrogens is 280 g/mol. The monoisotopic (exact) mass is 308 g/mol. The molecule has 4 aliphatic carbocycles. The highest BCUT2D eigenvalue weighted by molar-refractivity contribution is 5.79. The zero-order valence-electron chi connectivity index (χ0n) is 14.0. The van der Waals surface area contributed by atoms with Gasteiger partial charge in [0.05, 0.1) is 5.41 Å². The fourth-order valence-electron chi connectivity index (χ4n) is 4.72. The maximum absolute atomic E-state index is 12.1. The molecule has 0 unspecified atom stereocenters. The van der Waals surface area contributed by atoms with Crippen LogP contribution in [0.15, 0.2) is 0 Å². The number of hydrogen-bond acceptors (Lipinski definition) is 4. The van der Waals surface area contributed by atoms with Crippen LogP contribution in [0.5, 0.6) is 0 Å². The van der Waals surface area contributed by atoms with Gasteiger partial charge in [-0.25, -0.2) is 4.79 Å². The van der Waals surface area contributed by atoms with Crippen LogP contribution in [0.4, 0.5) is 0 Å². The molecule has 4 aliphatic rings. The van der Waals surface area contributed by atoms with E-state index in [0.29, 0.717) is 18.3 Å². The normalized spacial score (nSPS) is 36.2. The Hall–Kier alpha value is -1.06. The summed E-state index contributed by atoms with van der Waals surface area (Å²) in [5, 5.41) is 0. The summed E-state index contributed by atoms with van der Waals surface area (Å²) in [5.41, 5.74) is -0.539. The fourth-order valence-corrected chi connectivity index (χ4v) is 4.72. The minimum Gasteiger partial charge on any atom is -0.459 e. The van der Waals surface area contributed by atoms with Gasteiger partial charge < -0.3 is 9.47 Å². The molecule has 0 aromatic carbocycles. The fraction of sp³-hybridized carbons (Fsp3) is 0.889. The second-order valence-electron chi connectivity index (χ2n) is 8.20. The first-order chi connectivity index (χ1) is 10.4. The molecule has 0 spiro atoms. The van der Waals surface area contributed by atoms with E-state index in [1.807, 2.05) is 20.8 Å². The number of hydrogen-bond donors (Lipinski definition) is 0. The zero-order valence-corrected chi connectivity index (χ0v) is 14.0. The highest BCUT2D eigenvalue weighted by atomic mass is 16.6. The van der Waals surface area contributed by atoms with Crippen LogP contribution in [0.3, 0.4) is 0 Å². The Kier molecular flexibility index (Phi) is 4.21. The minimum absolute atomic E-state index is 0.0678. The maximum atomic E-state index is 12.1. The van der Waals surface area contributed by atoms with Crippen molar-refractivity contribution in [2.24, 2.45) is 29.1 Å². The van der Waals surface area contributed by atoms with Gasteiger partial charge in [0.25, 0.3) is 0 Å². The molecule has 0 saturated heterocycles. The standard InChI is InChI=1S/C18H28O4/c1-4-18(2,3)17(20)21-10-15(19)22-16-13-6-11-5-12(8-13)9-14(16)7-11/h11-14,16H,4-10H2,1-3H3. The summed E-state index contributed by atoms with van der Waals surface area (Å²) in [6.45, 7) is 5.36. The van der Waals surface area contributed by atoms with Gasteiger partial charge in [-0.2, -0.15) is 0 Å². The molecule has 0 radical (unpaired) electrons. The number of carbonyl (C=O) groups is 2. The van der Waals surface area contributed by atoms with E-state index in [2.05, 4.69) is 0 Å². The summed E-state index contributed by atoms with van der Waals surface area (Å²) in [7, 11) is 0. The van der Waals surface area contributed by atoms with E-state index in [4.69, 9.17) is 9.47 Å². The first-order valence-corrected chi connectivity index (χ1v) is 8.75. The molecule has 0 aromatic rings. The van der Waals surface area contributed by atoms with E-state index in [1.165, 1.54) is 32.1 Å². The molecule has 124 valence electrons. The molecule has 4 heteroatoms. The largest absolute Gasteiger partial charge is 0.459 e. The van der Waals surface area contributed by atoms with Gasteiger partial charge in [-0.1, -0.05) is 6.92 Å². The van der Waals surface area contributed by atoms with Gasteiger partial charge in [0, 0.05) is 0 Å². The van der Waals surface area contributed by atoms with Crippen LogP contribution < -0.4 is 0 Å². The highest BCUT2D eigenvalue weighted by Crippen LogP contribution is 2.54.